The number of halogens is 2. The highest BCUT2D eigenvalue weighted by molar-refractivity contribution is 7.19. The zero-order valence-corrected chi connectivity index (χ0v) is 16.2. The molecule has 2 aromatic heterocycles. The Bertz CT molecular complexity index is 655. The molecule has 0 aromatic carbocycles. The fourth-order valence-corrected chi connectivity index (χ4v) is 4.97. The van der Waals surface area contributed by atoms with E-state index in [-0.39, 0.29) is 24.8 Å². The third kappa shape index (κ3) is 4.13. The third-order valence-corrected chi connectivity index (χ3v) is 6.12. The predicted octanol–water partition coefficient (Wildman–Crippen LogP) is -2.52. The molecule has 134 valence electrons. The van der Waals surface area contributed by atoms with E-state index >= 15 is 0 Å². The van der Waals surface area contributed by atoms with Crippen molar-refractivity contribution in [1.29, 1.82) is 0 Å². The van der Waals surface area contributed by atoms with Crippen molar-refractivity contribution in [2.75, 3.05) is 31.5 Å². The van der Waals surface area contributed by atoms with E-state index in [2.05, 4.69) is 20.2 Å². The zero-order valence-electron chi connectivity index (χ0n) is 13.9. The largest absolute Gasteiger partial charge is 1.00 e. The minimum Gasteiger partial charge on any atom is -1.00 e. The van der Waals surface area contributed by atoms with E-state index < -0.39 is 0 Å². The van der Waals surface area contributed by atoms with Crippen molar-refractivity contribution in [3.63, 3.8) is 0 Å². The molecule has 7 heteroatoms. The van der Waals surface area contributed by atoms with Gasteiger partial charge in [0.15, 0.2) is 0 Å². The van der Waals surface area contributed by atoms with Gasteiger partial charge >= 0.3 is 0 Å². The van der Waals surface area contributed by atoms with Gasteiger partial charge in [-0.15, -0.1) is 11.3 Å². The molecular weight excluding hydrogens is 363 g/mol. The minimum atomic E-state index is 0. The molecule has 3 heterocycles. The van der Waals surface area contributed by atoms with E-state index in [0.717, 1.165) is 18.9 Å². The molecule has 0 saturated carbocycles. The number of hydrogen-bond donors (Lipinski definition) is 1. The Morgan fingerprint density at radius 3 is 2.62 bits per heavy atom. The van der Waals surface area contributed by atoms with Gasteiger partial charge in [-0.3, -0.25) is 0 Å². The van der Waals surface area contributed by atoms with Gasteiger partial charge in [0, 0.05) is 18.0 Å². The molecule has 1 aliphatic heterocycles. The van der Waals surface area contributed by atoms with Crippen LogP contribution in [0.4, 0.5) is 5.82 Å². The maximum Gasteiger partial charge on any atom is 0.138 e. The van der Waals surface area contributed by atoms with Gasteiger partial charge in [-0.2, -0.15) is 0 Å². The summed E-state index contributed by atoms with van der Waals surface area (Å²) in [4.78, 5) is 14.3. The average Bonchev–Trinajstić information content (AvgIpc) is 2.95. The summed E-state index contributed by atoms with van der Waals surface area (Å²) in [5.41, 5.74) is 1.52. The summed E-state index contributed by atoms with van der Waals surface area (Å²) in [7, 11) is 0. The van der Waals surface area contributed by atoms with Crippen molar-refractivity contribution >= 4 is 27.4 Å². The summed E-state index contributed by atoms with van der Waals surface area (Å²) >= 11 is 1.87. The van der Waals surface area contributed by atoms with Crippen molar-refractivity contribution in [2.45, 2.75) is 44.9 Å². The SMILES string of the molecule is [Cl-].[Cl-].c1nc(NCCN2CCCCC2)c2c3c(sc2n1)CCCC3. The number of nitrogens with one attached hydrogen (secondary N) is 1. The van der Waals surface area contributed by atoms with Crippen LogP contribution in [0, 0.1) is 0 Å². The van der Waals surface area contributed by atoms with Crippen LogP contribution in [0.2, 0.25) is 0 Å². The Morgan fingerprint density at radius 2 is 1.79 bits per heavy atom. The lowest BCUT2D eigenvalue weighted by atomic mass is 9.97. The zero-order chi connectivity index (χ0) is 14.8. The number of anilines is 1. The predicted molar refractivity (Wildman–Crippen MR) is 92.8 cm³/mol. The topological polar surface area (TPSA) is 41.1 Å². The fourth-order valence-electron chi connectivity index (χ4n) is 3.74. The van der Waals surface area contributed by atoms with E-state index in [1.807, 2.05) is 11.3 Å². The lowest BCUT2D eigenvalue weighted by molar-refractivity contribution is -0.001000. The van der Waals surface area contributed by atoms with Gasteiger partial charge in [0.1, 0.15) is 17.0 Å². The molecule has 1 aliphatic carbocycles. The lowest BCUT2D eigenvalue weighted by Gasteiger charge is -2.26. The molecule has 0 bridgehead atoms. The molecule has 1 saturated heterocycles. The third-order valence-electron chi connectivity index (χ3n) is 4.92. The molecular formula is C17H24Cl2N4S-2. The highest BCUT2D eigenvalue weighted by atomic mass is 35.5. The number of fused-ring (bicyclic) bond motifs is 3. The van der Waals surface area contributed by atoms with Crippen LogP contribution in [-0.4, -0.2) is 41.0 Å². The molecule has 0 radical (unpaired) electrons. The monoisotopic (exact) mass is 386 g/mol. The first-order valence-corrected chi connectivity index (χ1v) is 9.45. The number of hydrogen-bond acceptors (Lipinski definition) is 5. The normalized spacial score (nSPS) is 17.7. The quantitative estimate of drug-likeness (QED) is 0.629. The summed E-state index contributed by atoms with van der Waals surface area (Å²) in [6.07, 6.45) is 10.9. The van der Waals surface area contributed by atoms with Crippen LogP contribution in [0.25, 0.3) is 10.2 Å². The van der Waals surface area contributed by atoms with Gasteiger partial charge in [-0.25, -0.2) is 9.97 Å². The molecule has 0 atom stereocenters. The lowest BCUT2D eigenvalue weighted by Crippen LogP contribution is -3.00. The highest BCUT2D eigenvalue weighted by Gasteiger charge is 2.19. The van der Waals surface area contributed by atoms with Crippen LogP contribution < -0.4 is 30.1 Å². The van der Waals surface area contributed by atoms with Crippen LogP contribution in [-0.2, 0) is 12.8 Å². The second-order valence-electron chi connectivity index (χ2n) is 6.44. The summed E-state index contributed by atoms with van der Waals surface area (Å²) in [5, 5.41) is 4.89. The first kappa shape index (κ1) is 19.7. The number of piperidine rings is 1. The van der Waals surface area contributed by atoms with E-state index in [1.165, 1.54) is 73.8 Å². The molecule has 4 rings (SSSR count). The molecule has 4 nitrogen and oxygen atoms in total. The Labute approximate surface area is 160 Å². The standard InChI is InChI=1S/C17H24N4S.2ClH/c1-4-9-21(10-5-1)11-8-18-16-15-13-6-2-3-7-14(13)22-17(15)20-12-19-16;;/h12H,1-11H2,(H,18,19,20);2*1H/p-2. The van der Waals surface area contributed by atoms with Gasteiger partial charge < -0.3 is 35.0 Å². The van der Waals surface area contributed by atoms with Gasteiger partial charge in [0.05, 0.1) is 5.39 Å². The summed E-state index contributed by atoms with van der Waals surface area (Å²) in [6, 6.07) is 0. The first-order chi connectivity index (χ1) is 10.9. The number of rotatable bonds is 4. The Hall–Kier alpha value is -0.620. The smallest absolute Gasteiger partial charge is 0.138 e. The van der Waals surface area contributed by atoms with E-state index in [9.17, 15) is 0 Å². The van der Waals surface area contributed by atoms with E-state index in [1.54, 1.807) is 11.2 Å². The second kappa shape index (κ2) is 9.18. The van der Waals surface area contributed by atoms with Crippen molar-refractivity contribution in [3.8, 4) is 0 Å². The minimum absolute atomic E-state index is 0. The number of thiophene rings is 1. The Balaban J connectivity index is 0.00000104. The summed E-state index contributed by atoms with van der Waals surface area (Å²) in [5.74, 6) is 1.06. The van der Waals surface area contributed by atoms with E-state index in [4.69, 9.17) is 0 Å². The van der Waals surface area contributed by atoms with Crippen LogP contribution in [0.5, 0.6) is 0 Å². The van der Waals surface area contributed by atoms with Crippen molar-refractivity contribution in [1.82, 2.24) is 14.9 Å². The summed E-state index contributed by atoms with van der Waals surface area (Å²) < 4.78 is 0. The van der Waals surface area contributed by atoms with E-state index in [0.29, 0.717) is 0 Å². The number of likely N-dealkylation sites (tertiary alicyclic amines) is 1. The number of aryl methyl sites for hydroxylation is 2. The molecule has 2 aromatic rings. The van der Waals surface area contributed by atoms with Crippen molar-refractivity contribution in [3.05, 3.63) is 16.8 Å². The first-order valence-electron chi connectivity index (χ1n) is 8.63. The number of aromatic nitrogens is 2. The van der Waals surface area contributed by atoms with Crippen LogP contribution >= 0.6 is 11.3 Å². The van der Waals surface area contributed by atoms with Crippen LogP contribution in [0.15, 0.2) is 6.33 Å². The van der Waals surface area contributed by atoms with Gasteiger partial charge in [-0.1, -0.05) is 6.42 Å². The van der Waals surface area contributed by atoms with Gasteiger partial charge in [0.25, 0.3) is 0 Å². The molecule has 1 fully saturated rings. The Kier molecular flexibility index (Phi) is 7.54. The molecule has 24 heavy (non-hydrogen) atoms. The van der Waals surface area contributed by atoms with Crippen LogP contribution in [0.1, 0.15) is 42.5 Å². The maximum atomic E-state index is 4.54. The Morgan fingerprint density at radius 1 is 1.00 bits per heavy atom. The average molecular weight is 387 g/mol. The molecule has 0 unspecified atom stereocenters. The van der Waals surface area contributed by atoms with Crippen molar-refractivity contribution in [2.24, 2.45) is 0 Å². The van der Waals surface area contributed by atoms with Gasteiger partial charge in [-0.05, 0) is 57.2 Å². The molecule has 2 aliphatic rings. The second-order valence-corrected chi connectivity index (χ2v) is 7.53. The van der Waals surface area contributed by atoms with Crippen LogP contribution in [0.3, 0.4) is 0 Å². The van der Waals surface area contributed by atoms with Gasteiger partial charge in [0.2, 0.25) is 0 Å². The van der Waals surface area contributed by atoms with Crippen molar-refractivity contribution < 1.29 is 24.8 Å². The molecule has 1 N–H and O–H groups in total. The maximum absolute atomic E-state index is 4.54. The molecule has 0 spiro atoms. The molecule has 0 amide bonds. The highest BCUT2D eigenvalue weighted by Crippen LogP contribution is 2.37. The fraction of sp³-hybridized carbons (Fsp3) is 0.647. The number of nitrogens with zero attached hydrogens (tertiary/aromatic N) is 3. The summed E-state index contributed by atoms with van der Waals surface area (Å²) in [6.45, 7) is 4.62.